The zero-order chi connectivity index (χ0) is 15.1. The lowest BCUT2D eigenvalue weighted by molar-refractivity contribution is -0.134. The summed E-state index contributed by atoms with van der Waals surface area (Å²) in [5.41, 5.74) is 0.835. The van der Waals surface area contributed by atoms with Gasteiger partial charge in [0.25, 0.3) is 0 Å². The number of esters is 2. The van der Waals surface area contributed by atoms with Crippen molar-refractivity contribution in [1.82, 2.24) is 0 Å². The van der Waals surface area contributed by atoms with E-state index < -0.39 is 11.9 Å². The van der Waals surface area contributed by atoms with Crippen LogP contribution in [0.3, 0.4) is 0 Å². The van der Waals surface area contributed by atoms with Crippen molar-refractivity contribution in [2.75, 3.05) is 0 Å². The summed E-state index contributed by atoms with van der Waals surface area (Å²) in [6.07, 6.45) is -0.0204. The van der Waals surface area contributed by atoms with Crippen LogP contribution in [0, 0.1) is 22.7 Å². The fraction of sp³-hybridized carbons (Fsp3) is 0.286. The van der Waals surface area contributed by atoms with E-state index >= 15 is 0 Å². The van der Waals surface area contributed by atoms with E-state index in [4.69, 9.17) is 20.0 Å². The summed E-state index contributed by atoms with van der Waals surface area (Å²) < 4.78 is 10.1. The smallest absolute Gasteiger partial charge is 0.308 e. The SMILES string of the molecule is CC(=O)Oc1c(CC#N)ccc(CC#N)c1OC(C)=O. The average Bonchev–Trinajstić information content (AvgIpc) is 2.35. The first-order valence-corrected chi connectivity index (χ1v) is 5.75. The molecule has 1 aromatic rings. The molecule has 0 heterocycles. The van der Waals surface area contributed by atoms with E-state index in [1.54, 1.807) is 12.1 Å². The molecule has 0 saturated carbocycles. The highest BCUT2D eigenvalue weighted by Crippen LogP contribution is 2.36. The molecule has 6 heteroatoms. The van der Waals surface area contributed by atoms with Crippen LogP contribution in [0.25, 0.3) is 0 Å². The zero-order valence-corrected chi connectivity index (χ0v) is 11.1. The number of hydrogen-bond acceptors (Lipinski definition) is 6. The predicted octanol–water partition coefficient (Wildman–Crippen LogP) is 1.67. The quantitative estimate of drug-likeness (QED) is 0.610. The summed E-state index contributed by atoms with van der Waals surface area (Å²) in [6, 6.07) is 7.01. The molecule has 1 rings (SSSR count). The number of carbonyl (C=O) groups is 2. The van der Waals surface area contributed by atoms with Crippen LogP contribution in [0.2, 0.25) is 0 Å². The van der Waals surface area contributed by atoms with Gasteiger partial charge in [-0.1, -0.05) is 12.1 Å². The molecule has 0 amide bonds. The fourth-order valence-electron chi connectivity index (χ4n) is 1.60. The van der Waals surface area contributed by atoms with Crippen molar-refractivity contribution in [3.05, 3.63) is 23.3 Å². The molecule has 0 N–H and O–H groups in total. The molecule has 0 spiro atoms. The van der Waals surface area contributed by atoms with Crippen molar-refractivity contribution in [2.45, 2.75) is 26.7 Å². The third-order valence-corrected chi connectivity index (χ3v) is 2.31. The minimum Gasteiger partial charge on any atom is -0.422 e. The zero-order valence-electron chi connectivity index (χ0n) is 11.1. The molecule has 0 atom stereocenters. The fourth-order valence-corrected chi connectivity index (χ4v) is 1.60. The van der Waals surface area contributed by atoms with Gasteiger partial charge in [-0.25, -0.2) is 0 Å². The largest absolute Gasteiger partial charge is 0.422 e. The third-order valence-electron chi connectivity index (χ3n) is 2.31. The van der Waals surface area contributed by atoms with Crippen molar-refractivity contribution in [3.8, 4) is 23.6 Å². The van der Waals surface area contributed by atoms with Crippen LogP contribution >= 0.6 is 0 Å². The van der Waals surface area contributed by atoms with Crippen molar-refractivity contribution in [3.63, 3.8) is 0 Å². The lowest BCUT2D eigenvalue weighted by Crippen LogP contribution is -2.11. The standard InChI is InChI=1S/C14H12N2O4/c1-9(17)19-13-11(5-7-15)3-4-12(6-8-16)14(13)20-10(2)18/h3-4H,5-6H2,1-2H3. The van der Waals surface area contributed by atoms with Gasteiger partial charge < -0.3 is 9.47 Å². The monoisotopic (exact) mass is 272 g/mol. The molecule has 0 radical (unpaired) electrons. The summed E-state index contributed by atoms with van der Waals surface area (Å²) in [6.45, 7) is 2.40. The number of ether oxygens (including phenoxy) is 2. The number of hydrogen-bond donors (Lipinski definition) is 0. The van der Waals surface area contributed by atoms with Crippen LogP contribution in [0.5, 0.6) is 11.5 Å². The van der Waals surface area contributed by atoms with Gasteiger partial charge in [0.05, 0.1) is 25.0 Å². The van der Waals surface area contributed by atoms with Crippen LogP contribution in [0.4, 0.5) is 0 Å². The maximum Gasteiger partial charge on any atom is 0.308 e. The number of nitriles is 2. The first kappa shape index (κ1) is 15.2. The van der Waals surface area contributed by atoms with Gasteiger partial charge in [-0.3, -0.25) is 9.59 Å². The lowest BCUT2D eigenvalue weighted by Gasteiger charge is -2.14. The van der Waals surface area contributed by atoms with E-state index in [2.05, 4.69) is 0 Å². The van der Waals surface area contributed by atoms with Crippen molar-refractivity contribution in [2.24, 2.45) is 0 Å². The Balaban J connectivity index is 3.45. The highest BCUT2D eigenvalue weighted by Gasteiger charge is 2.19. The van der Waals surface area contributed by atoms with E-state index in [1.807, 2.05) is 12.1 Å². The summed E-state index contributed by atoms with van der Waals surface area (Å²) >= 11 is 0. The number of carbonyl (C=O) groups excluding carboxylic acids is 2. The Labute approximate surface area is 116 Å². The van der Waals surface area contributed by atoms with Gasteiger partial charge in [0.15, 0.2) is 11.5 Å². The Kier molecular flexibility index (Phi) is 5.25. The van der Waals surface area contributed by atoms with Crippen molar-refractivity contribution in [1.29, 1.82) is 10.5 Å². The van der Waals surface area contributed by atoms with E-state index in [1.165, 1.54) is 13.8 Å². The second-order valence-electron chi connectivity index (χ2n) is 3.90. The molecule has 0 aromatic heterocycles. The number of rotatable bonds is 4. The molecule has 0 fully saturated rings. The molecule has 1 aromatic carbocycles. The molecule has 0 aliphatic rings. The van der Waals surface area contributed by atoms with Crippen LogP contribution in [-0.2, 0) is 22.4 Å². The molecule has 0 aliphatic heterocycles. The van der Waals surface area contributed by atoms with E-state index in [0.717, 1.165) is 0 Å². The van der Waals surface area contributed by atoms with E-state index in [-0.39, 0.29) is 24.3 Å². The Morgan fingerprint density at radius 2 is 1.30 bits per heavy atom. The van der Waals surface area contributed by atoms with Crippen LogP contribution < -0.4 is 9.47 Å². The highest BCUT2D eigenvalue weighted by atomic mass is 16.6. The minimum atomic E-state index is -0.605. The molecule has 6 nitrogen and oxygen atoms in total. The van der Waals surface area contributed by atoms with Crippen LogP contribution in [0.1, 0.15) is 25.0 Å². The molecular formula is C14H12N2O4. The van der Waals surface area contributed by atoms with Crippen LogP contribution in [-0.4, -0.2) is 11.9 Å². The second kappa shape index (κ2) is 6.91. The summed E-state index contributed by atoms with van der Waals surface area (Å²) in [5, 5.41) is 17.5. The third kappa shape index (κ3) is 3.82. The van der Waals surface area contributed by atoms with Gasteiger partial charge in [-0.05, 0) is 0 Å². The number of benzene rings is 1. The Morgan fingerprint density at radius 1 is 0.950 bits per heavy atom. The molecule has 0 saturated heterocycles. The lowest BCUT2D eigenvalue weighted by atomic mass is 10.0. The molecule has 0 unspecified atom stereocenters. The normalized spacial score (nSPS) is 9.20. The van der Waals surface area contributed by atoms with E-state index in [9.17, 15) is 9.59 Å². The van der Waals surface area contributed by atoms with Crippen molar-refractivity contribution >= 4 is 11.9 Å². The van der Waals surface area contributed by atoms with Gasteiger partial charge in [-0.2, -0.15) is 10.5 Å². The maximum absolute atomic E-state index is 11.2. The average molecular weight is 272 g/mol. The van der Waals surface area contributed by atoms with Gasteiger partial charge in [0.2, 0.25) is 0 Å². The van der Waals surface area contributed by atoms with Gasteiger partial charge in [0.1, 0.15) is 0 Å². The molecular weight excluding hydrogens is 260 g/mol. The van der Waals surface area contributed by atoms with Gasteiger partial charge in [-0.15, -0.1) is 0 Å². The summed E-state index contributed by atoms with van der Waals surface area (Å²) in [5.74, 6) is -1.18. The predicted molar refractivity (Wildman–Crippen MR) is 67.7 cm³/mol. The summed E-state index contributed by atoms with van der Waals surface area (Å²) in [4.78, 5) is 22.3. The Hall–Kier alpha value is -2.86. The molecule has 0 bridgehead atoms. The molecule has 20 heavy (non-hydrogen) atoms. The summed E-state index contributed by atoms with van der Waals surface area (Å²) in [7, 11) is 0. The van der Waals surface area contributed by atoms with Gasteiger partial charge >= 0.3 is 11.9 Å². The van der Waals surface area contributed by atoms with Crippen molar-refractivity contribution < 1.29 is 19.1 Å². The minimum absolute atomic E-state index is 0.0102. The maximum atomic E-state index is 11.2. The Morgan fingerprint density at radius 3 is 1.55 bits per heavy atom. The first-order valence-electron chi connectivity index (χ1n) is 5.75. The number of nitrogens with zero attached hydrogens (tertiary/aromatic N) is 2. The highest BCUT2D eigenvalue weighted by molar-refractivity contribution is 5.75. The van der Waals surface area contributed by atoms with Crippen LogP contribution in [0.15, 0.2) is 12.1 Å². The van der Waals surface area contributed by atoms with Gasteiger partial charge in [0, 0.05) is 25.0 Å². The topological polar surface area (TPSA) is 100 Å². The molecule has 102 valence electrons. The van der Waals surface area contributed by atoms with E-state index in [0.29, 0.717) is 11.1 Å². The second-order valence-corrected chi connectivity index (χ2v) is 3.90. The molecule has 0 aliphatic carbocycles. The first-order chi connectivity index (χ1) is 9.49. The Bertz CT molecular complexity index is 568.